The van der Waals surface area contributed by atoms with Gasteiger partial charge in [0, 0.05) is 18.8 Å². The summed E-state index contributed by atoms with van der Waals surface area (Å²) in [5.74, 6) is -1.53. The molecule has 0 unspecified atom stereocenters. The lowest BCUT2D eigenvalue weighted by atomic mass is 10.3. The molecule has 0 aromatic rings. The Kier molecular flexibility index (Phi) is 6.08. The molecular formula is C13H14N2O5S3. The average molecular weight is 374 g/mol. The number of rotatable bonds is 6. The van der Waals surface area contributed by atoms with Gasteiger partial charge in [0.15, 0.2) is 0 Å². The summed E-state index contributed by atoms with van der Waals surface area (Å²) in [5, 5.41) is 18.4. The van der Waals surface area contributed by atoms with Gasteiger partial charge >= 0.3 is 11.9 Å². The van der Waals surface area contributed by atoms with Crippen LogP contribution in [0.1, 0.15) is 6.42 Å². The Hall–Kier alpha value is -1.52. The molecule has 0 spiro atoms. The third-order valence-corrected chi connectivity index (χ3v) is 5.54. The molecule has 2 fully saturated rings. The van der Waals surface area contributed by atoms with E-state index in [1.165, 1.54) is 0 Å². The first-order valence-corrected chi connectivity index (χ1v) is 8.86. The van der Waals surface area contributed by atoms with Crippen molar-refractivity contribution in [1.29, 1.82) is 0 Å². The van der Waals surface area contributed by atoms with Crippen molar-refractivity contribution < 1.29 is 24.6 Å². The highest BCUT2D eigenvalue weighted by Crippen LogP contribution is 2.32. The topological polar surface area (TPSA) is 98.2 Å². The number of carboxylic acids is 2. The number of carbonyl (C=O) groups excluding carboxylic acids is 1. The predicted octanol–water partition coefficient (Wildman–Crippen LogP) is 1.18. The molecule has 2 aliphatic heterocycles. The Labute approximate surface area is 146 Å². The Bertz CT molecular complexity index is 617. The molecule has 10 heteroatoms. The second-order valence-corrected chi connectivity index (χ2v) is 7.46. The molecule has 0 saturated carbocycles. The minimum atomic E-state index is -1.12. The van der Waals surface area contributed by atoms with Crippen molar-refractivity contribution in [3.05, 3.63) is 22.1 Å². The zero-order chi connectivity index (χ0) is 17.0. The summed E-state index contributed by atoms with van der Waals surface area (Å²) < 4.78 is 0.226. The molecule has 2 aliphatic rings. The van der Waals surface area contributed by atoms with Crippen molar-refractivity contribution >= 4 is 57.9 Å². The molecule has 0 bridgehead atoms. The van der Waals surface area contributed by atoms with Gasteiger partial charge in [-0.15, -0.1) is 11.8 Å². The maximum atomic E-state index is 12.1. The van der Waals surface area contributed by atoms with E-state index in [0.717, 1.165) is 34.0 Å². The van der Waals surface area contributed by atoms with E-state index in [0.29, 0.717) is 11.4 Å². The van der Waals surface area contributed by atoms with E-state index in [2.05, 4.69) is 0 Å². The fourth-order valence-electron chi connectivity index (χ4n) is 2.00. The molecule has 1 amide bonds. The molecule has 23 heavy (non-hydrogen) atoms. The van der Waals surface area contributed by atoms with Gasteiger partial charge in [0.2, 0.25) is 0 Å². The van der Waals surface area contributed by atoms with Gasteiger partial charge in [0.05, 0.1) is 16.4 Å². The molecular weight excluding hydrogens is 360 g/mol. The largest absolute Gasteiger partial charge is 0.481 e. The van der Waals surface area contributed by atoms with E-state index in [-0.39, 0.29) is 10.7 Å². The maximum Gasteiger partial charge on any atom is 0.323 e. The molecule has 0 aromatic carbocycles. The Balaban J connectivity index is 2.06. The van der Waals surface area contributed by atoms with E-state index >= 15 is 0 Å². The second kappa shape index (κ2) is 7.84. The van der Waals surface area contributed by atoms with Crippen LogP contribution in [0.25, 0.3) is 0 Å². The molecule has 124 valence electrons. The number of thiocarbonyl (C=S) groups is 1. The molecule has 2 saturated heterocycles. The summed E-state index contributed by atoms with van der Waals surface area (Å²) in [6.45, 7) is 0.734. The van der Waals surface area contributed by atoms with Crippen LogP contribution in [0.5, 0.6) is 0 Å². The van der Waals surface area contributed by atoms with Gasteiger partial charge in [-0.1, -0.05) is 24.0 Å². The number of aliphatic carboxylic acids is 2. The van der Waals surface area contributed by atoms with Gasteiger partial charge in [0.1, 0.15) is 10.9 Å². The number of thioether (sulfide) groups is 2. The van der Waals surface area contributed by atoms with Crippen molar-refractivity contribution in [2.75, 3.05) is 25.4 Å². The number of hydrogen-bond acceptors (Lipinski definition) is 7. The zero-order valence-corrected chi connectivity index (χ0v) is 14.4. The van der Waals surface area contributed by atoms with Gasteiger partial charge in [-0.3, -0.25) is 19.3 Å². The van der Waals surface area contributed by atoms with Crippen molar-refractivity contribution in [2.45, 2.75) is 6.42 Å². The molecule has 2 N–H and O–H groups in total. The quantitative estimate of drug-likeness (QED) is 0.524. The van der Waals surface area contributed by atoms with Crippen LogP contribution >= 0.6 is 35.7 Å². The zero-order valence-electron chi connectivity index (χ0n) is 11.9. The molecule has 0 aliphatic carbocycles. The summed E-state index contributed by atoms with van der Waals surface area (Å²) in [7, 11) is 0. The minimum absolute atomic E-state index is 0.0542. The number of allylic oxidation sites excluding steroid dienone is 2. The van der Waals surface area contributed by atoms with Crippen LogP contribution in [0.2, 0.25) is 0 Å². The van der Waals surface area contributed by atoms with Gasteiger partial charge in [-0.2, -0.15) is 0 Å². The van der Waals surface area contributed by atoms with Gasteiger partial charge in [-0.05, 0) is 12.2 Å². The Morgan fingerprint density at radius 2 is 2.00 bits per heavy atom. The first-order valence-electron chi connectivity index (χ1n) is 6.65. The van der Waals surface area contributed by atoms with E-state index in [1.807, 2.05) is 4.90 Å². The molecule has 0 radical (unpaired) electrons. The lowest BCUT2D eigenvalue weighted by molar-refractivity contribution is -0.140. The summed E-state index contributed by atoms with van der Waals surface area (Å²) >= 11 is 7.67. The number of carbonyl (C=O) groups is 3. The third-order valence-electron chi connectivity index (χ3n) is 3.06. The third kappa shape index (κ3) is 4.72. The Morgan fingerprint density at radius 3 is 2.65 bits per heavy atom. The van der Waals surface area contributed by atoms with E-state index < -0.39 is 24.4 Å². The fraction of sp³-hybridized carbons (Fsp3) is 0.385. The average Bonchev–Trinajstić information content (AvgIpc) is 3.02. The lowest BCUT2D eigenvalue weighted by Gasteiger charge is -2.17. The first-order chi connectivity index (χ1) is 10.9. The fourth-order valence-corrected chi connectivity index (χ4v) is 4.25. The highest BCUT2D eigenvalue weighted by molar-refractivity contribution is 8.26. The summed E-state index contributed by atoms with van der Waals surface area (Å²) in [4.78, 5) is 36.9. The second-order valence-electron chi connectivity index (χ2n) is 4.67. The molecule has 0 aromatic heterocycles. The van der Waals surface area contributed by atoms with Crippen LogP contribution in [0, 0.1) is 0 Å². The van der Waals surface area contributed by atoms with Crippen LogP contribution in [0.4, 0.5) is 0 Å². The lowest BCUT2D eigenvalue weighted by Crippen LogP contribution is -2.33. The molecule has 2 heterocycles. The molecule has 0 atom stereocenters. The van der Waals surface area contributed by atoms with Crippen molar-refractivity contribution in [3.63, 3.8) is 0 Å². The van der Waals surface area contributed by atoms with Crippen LogP contribution in [-0.2, 0) is 14.4 Å². The number of hydrogen-bond donors (Lipinski definition) is 2. The van der Waals surface area contributed by atoms with E-state index in [9.17, 15) is 14.4 Å². The van der Waals surface area contributed by atoms with Gasteiger partial charge < -0.3 is 15.1 Å². The predicted molar refractivity (Wildman–Crippen MR) is 92.0 cm³/mol. The van der Waals surface area contributed by atoms with Crippen LogP contribution in [-0.4, -0.2) is 67.6 Å². The van der Waals surface area contributed by atoms with Crippen LogP contribution in [0.15, 0.2) is 22.1 Å². The SMILES string of the molecule is O=C(O)CCN1CCS/C1=C/C=C1/SC(=S)N(CC(=O)O)C1=O. The molecule has 2 rings (SSSR count). The highest BCUT2D eigenvalue weighted by atomic mass is 32.2. The maximum absolute atomic E-state index is 12.1. The number of nitrogens with zero attached hydrogens (tertiary/aromatic N) is 2. The van der Waals surface area contributed by atoms with E-state index in [1.54, 1.807) is 23.9 Å². The van der Waals surface area contributed by atoms with Crippen molar-refractivity contribution in [1.82, 2.24) is 9.80 Å². The van der Waals surface area contributed by atoms with Crippen LogP contribution in [0.3, 0.4) is 0 Å². The smallest absolute Gasteiger partial charge is 0.323 e. The number of carboxylic acid groups (broad SMARTS) is 2. The summed E-state index contributed by atoms with van der Waals surface area (Å²) in [6, 6.07) is 0. The standard InChI is InChI=1S/C13H14N2O5S3/c16-10(17)3-4-14-5-6-22-9(14)2-1-8-12(20)15(7-11(18)19)13(21)23-8/h1-2H,3-7H2,(H,16,17)(H,18,19)/b8-1+,9-2+. The normalized spacial score (nSPS) is 21.7. The number of amides is 1. The van der Waals surface area contributed by atoms with Crippen molar-refractivity contribution in [2.24, 2.45) is 0 Å². The molecule has 7 nitrogen and oxygen atoms in total. The van der Waals surface area contributed by atoms with E-state index in [4.69, 9.17) is 22.4 Å². The first kappa shape index (κ1) is 17.8. The Morgan fingerprint density at radius 1 is 1.26 bits per heavy atom. The minimum Gasteiger partial charge on any atom is -0.481 e. The van der Waals surface area contributed by atoms with Gasteiger partial charge in [0.25, 0.3) is 5.91 Å². The highest BCUT2D eigenvalue weighted by Gasteiger charge is 2.33. The van der Waals surface area contributed by atoms with Gasteiger partial charge in [-0.25, -0.2) is 0 Å². The van der Waals surface area contributed by atoms with Crippen LogP contribution < -0.4 is 0 Å². The summed E-state index contributed by atoms with van der Waals surface area (Å²) in [5.41, 5.74) is 0. The van der Waals surface area contributed by atoms with Crippen molar-refractivity contribution in [3.8, 4) is 0 Å². The summed E-state index contributed by atoms with van der Waals surface area (Å²) in [6.07, 6.45) is 3.42. The monoisotopic (exact) mass is 374 g/mol.